The molecule has 0 radical (unpaired) electrons. The van der Waals surface area contributed by atoms with Gasteiger partial charge in [-0.2, -0.15) is 5.26 Å². The third-order valence-electron chi connectivity index (χ3n) is 2.75. The molecule has 2 heterocycles. The first kappa shape index (κ1) is 11.6. The largest absolute Gasteiger partial charge is 0.339 e. The number of hydrogen-bond donors (Lipinski definition) is 1. The van der Waals surface area contributed by atoms with Gasteiger partial charge in [-0.3, -0.25) is 0 Å². The number of hydrogen-bond acceptors (Lipinski definition) is 5. The minimum atomic E-state index is 0.598. The molecule has 92 valence electrons. The molecule has 0 bridgehead atoms. The molecular weight excluding hydrogens is 256 g/mol. The summed E-state index contributed by atoms with van der Waals surface area (Å²) in [6.07, 6.45) is 1.54. The second-order valence-electron chi connectivity index (χ2n) is 4.08. The minimum Gasteiger partial charge on any atom is -0.339 e. The number of anilines is 2. The molecule has 0 aliphatic carbocycles. The molecule has 0 spiro atoms. The van der Waals surface area contributed by atoms with Crippen molar-refractivity contribution in [2.45, 2.75) is 6.92 Å². The van der Waals surface area contributed by atoms with Gasteiger partial charge in [0.1, 0.15) is 23.0 Å². The van der Waals surface area contributed by atoms with E-state index in [1.54, 1.807) is 17.4 Å². The number of para-hydroxylation sites is 1. The molecular formula is C14H10N4S. The molecule has 5 heteroatoms. The molecule has 0 saturated carbocycles. The highest BCUT2D eigenvalue weighted by Crippen LogP contribution is 2.29. The number of nitriles is 1. The van der Waals surface area contributed by atoms with Crippen molar-refractivity contribution in [3.63, 3.8) is 0 Å². The van der Waals surface area contributed by atoms with Crippen molar-refractivity contribution in [3.8, 4) is 6.07 Å². The van der Waals surface area contributed by atoms with Gasteiger partial charge < -0.3 is 5.32 Å². The van der Waals surface area contributed by atoms with Crippen molar-refractivity contribution in [2.75, 3.05) is 5.32 Å². The Balaban J connectivity index is 2.09. The van der Waals surface area contributed by atoms with E-state index in [9.17, 15) is 0 Å². The van der Waals surface area contributed by atoms with Crippen molar-refractivity contribution in [1.29, 1.82) is 5.26 Å². The van der Waals surface area contributed by atoms with Gasteiger partial charge in [-0.05, 0) is 25.1 Å². The van der Waals surface area contributed by atoms with Gasteiger partial charge in [0.05, 0.1) is 16.6 Å². The van der Waals surface area contributed by atoms with Gasteiger partial charge in [-0.25, -0.2) is 9.97 Å². The number of benzene rings is 1. The van der Waals surface area contributed by atoms with Gasteiger partial charge in [-0.1, -0.05) is 12.1 Å². The van der Waals surface area contributed by atoms with Crippen molar-refractivity contribution in [2.24, 2.45) is 0 Å². The summed E-state index contributed by atoms with van der Waals surface area (Å²) in [5, 5.41) is 13.3. The van der Waals surface area contributed by atoms with E-state index in [1.807, 2.05) is 25.1 Å². The molecule has 19 heavy (non-hydrogen) atoms. The van der Waals surface area contributed by atoms with Crippen LogP contribution in [0, 0.1) is 18.3 Å². The summed E-state index contributed by atoms with van der Waals surface area (Å²) in [4.78, 5) is 10.7. The number of aryl methyl sites for hydroxylation is 1. The molecule has 0 fully saturated rings. The number of fused-ring (bicyclic) bond motifs is 1. The normalized spacial score (nSPS) is 10.3. The van der Waals surface area contributed by atoms with E-state index in [4.69, 9.17) is 5.26 Å². The highest BCUT2D eigenvalue weighted by molar-refractivity contribution is 7.18. The number of thiophene rings is 1. The smallest absolute Gasteiger partial charge is 0.142 e. The molecule has 0 unspecified atom stereocenters. The summed E-state index contributed by atoms with van der Waals surface area (Å²) in [5.74, 6) is 0.733. The standard InChI is InChI=1S/C14H10N4S/c1-9-6-11-13(16-8-17-14(11)19-9)18-12-5-3-2-4-10(12)7-15/h2-6,8H,1H3,(H,16,17,18). The summed E-state index contributed by atoms with van der Waals surface area (Å²) < 4.78 is 0. The lowest BCUT2D eigenvalue weighted by Gasteiger charge is -2.07. The van der Waals surface area contributed by atoms with Crippen LogP contribution in [0.2, 0.25) is 0 Å². The number of nitrogens with one attached hydrogen (secondary N) is 1. The molecule has 0 atom stereocenters. The first-order chi connectivity index (χ1) is 9.28. The number of rotatable bonds is 2. The maximum Gasteiger partial charge on any atom is 0.142 e. The van der Waals surface area contributed by atoms with Crippen molar-refractivity contribution < 1.29 is 0 Å². The predicted octanol–water partition coefficient (Wildman–Crippen LogP) is 3.62. The molecule has 0 aliphatic rings. The van der Waals surface area contributed by atoms with Crippen LogP contribution >= 0.6 is 11.3 Å². The monoisotopic (exact) mass is 266 g/mol. The van der Waals surface area contributed by atoms with Gasteiger partial charge >= 0.3 is 0 Å². The Kier molecular flexibility index (Phi) is 2.86. The molecule has 0 aliphatic heterocycles. The van der Waals surface area contributed by atoms with E-state index in [0.717, 1.165) is 21.7 Å². The highest BCUT2D eigenvalue weighted by Gasteiger charge is 2.08. The van der Waals surface area contributed by atoms with Crippen LogP contribution in [0.4, 0.5) is 11.5 Å². The van der Waals surface area contributed by atoms with Crippen LogP contribution in [0.3, 0.4) is 0 Å². The lowest BCUT2D eigenvalue weighted by atomic mass is 10.2. The Hall–Kier alpha value is -2.45. The van der Waals surface area contributed by atoms with E-state index in [-0.39, 0.29) is 0 Å². The zero-order valence-corrected chi connectivity index (χ0v) is 11.0. The molecule has 0 saturated heterocycles. The van der Waals surface area contributed by atoms with Crippen LogP contribution in [0.25, 0.3) is 10.2 Å². The molecule has 1 N–H and O–H groups in total. The van der Waals surface area contributed by atoms with Gasteiger partial charge in [0.15, 0.2) is 0 Å². The van der Waals surface area contributed by atoms with Gasteiger partial charge in [0.25, 0.3) is 0 Å². The van der Waals surface area contributed by atoms with Crippen LogP contribution in [0.1, 0.15) is 10.4 Å². The maximum atomic E-state index is 9.09. The summed E-state index contributed by atoms with van der Waals surface area (Å²) in [6, 6.07) is 11.6. The summed E-state index contributed by atoms with van der Waals surface area (Å²) in [6.45, 7) is 2.04. The third kappa shape index (κ3) is 2.14. The number of nitrogens with zero attached hydrogens (tertiary/aromatic N) is 3. The molecule has 1 aromatic carbocycles. The van der Waals surface area contributed by atoms with Gasteiger partial charge in [0.2, 0.25) is 0 Å². The molecule has 2 aromatic heterocycles. The Labute approximate surface area is 114 Å². The summed E-state index contributed by atoms with van der Waals surface area (Å²) in [7, 11) is 0. The van der Waals surface area contributed by atoms with Crippen LogP contribution in [-0.2, 0) is 0 Å². The van der Waals surface area contributed by atoms with Crippen LogP contribution in [-0.4, -0.2) is 9.97 Å². The summed E-state index contributed by atoms with van der Waals surface area (Å²) >= 11 is 1.63. The summed E-state index contributed by atoms with van der Waals surface area (Å²) in [5.41, 5.74) is 1.36. The topological polar surface area (TPSA) is 61.6 Å². The van der Waals surface area contributed by atoms with Crippen LogP contribution < -0.4 is 5.32 Å². The lowest BCUT2D eigenvalue weighted by Crippen LogP contribution is -1.96. The minimum absolute atomic E-state index is 0.598. The number of aromatic nitrogens is 2. The van der Waals surface area contributed by atoms with Crippen molar-refractivity contribution >= 4 is 33.1 Å². The van der Waals surface area contributed by atoms with Crippen molar-refractivity contribution in [3.05, 3.63) is 47.1 Å². The zero-order chi connectivity index (χ0) is 13.2. The predicted molar refractivity (Wildman–Crippen MR) is 76.6 cm³/mol. The Morgan fingerprint density at radius 1 is 1.26 bits per heavy atom. The second kappa shape index (κ2) is 4.67. The van der Waals surface area contributed by atoms with E-state index in [0.29, 0.717) is 5.56 Å². The second-order valence-corrected chi connectivity index (χ2v) is 5.32. The quantitative estimate of drug-likeness (QED) is 0.769. The molecule has 0 amide bonds. The fraction of sp³-hybridized carbons (Fsp3) is 0.0714. The van der Waals surface area contributed by atoms with E-state index < -0.39 is 0 Å². The molecule has 3 rings (SSSR count). The Bertz CT molecular complexity index is 785. The van der Waals surface area contributed by atoms with Gasteiger partial charge in [-0.15, -0.1) is 11.3 Å². The zero-order valence-electron chi connectivity index (χ0n) is 10.2. The van der Waals surface area contributed by atoms with Crippen molar-refractivity contribution in [1.82, 2.24) is 9.97 Å². The Morgan fingerprint density at radius 3 is 2.95 bits per heavy atom. The van der Waals surface area contributed by atoms with Gasteiger partial charge in [0, 0.05) is 4.88 Å². The maximum absolute atomic E-state index is 9.09. The lowest BCUT2D eigenvalue weighted by molar-refractivity contribution is 1.23. The van der Waals surface area contributed by atoms with Crippen LogP contribution in [0.15, 0.2) is 36.7 Å². The average molecular weight is 266 g/mol. The Morgan fingerprint density at radius 2 is 2.11 bits per heavy atom. The fourth-order valence-electron chi connectivity index (χ4n) is 1.89. The fourth-order valence-corrected chi connectivity index (χ4v) is 2.74. The SMILES string of the molecule is Cc1cc2c(Nc3ccccc3C#N)ncnc2s1. The van der Waals surface area contributed by atoms with E-state index in [1.165, 1.54) is 11.2 Å². The molecule has 4 nitrogen and oxygen atoms in total. The first-order valence-corrected chi connectivity index (χ1v) is 6.57. The third-order valence-corrected chi connectivity index (χ3v) is 3.71. The molecule has 3 aromatic rings. The van der Waals surface area contributed by atoms with Crippen LogP contribution in [0.5, 0.6) is 0 Å². The van der Waals surface area contributed by atoms with E-state index in [2.05, 4.69) is 27.4 Å². The highest BCUT2D eigenvalue weighted by atomic mass is 32.1. The van der Waals surface area contributed by atoms with E-state index >= 15 is 0 Å². The average Bonchev–Trinajstić information content (AvgIpc) is 2.81. The first-order valence-electron chi connectivity index (χ1n) is 5.75.